The molecular weight excluding hydrogens is 256 g/mol. The predicted molar refractivity (Wildman–Crippen MR) is 74.2 cm³/mol. The molecule has 4 aliphatic rings. The topological polar surface area (TPSA) is 55.8 Å². The molecule has 4 nitrogen and oxygen atoms in total. The number of carbonyl (C=O) groups is 1. The van der Waals surface area contributed by atoms with E-state index in [0.29, 0.717) is 18.8 Å². The summed E-state index contributed by atoms with van der Waals surface area (Å²) < 4.78 is 11.7. The van der Waals surface area contributed by atoms with Crippen LogP contribution in [0.3, 0.4) is 0 Å². The predicted octanol–water partition coefficient (Wildman–Crippen LogP) is 2.43. The molecule has 4 heteroatoms. The SMILES string of the molecule is CCC(C)C(=O)OC12CC3CC(O)(CC(OC)(C3)C1)C2. The zero-order valence-corrected chi connectivity index (χ0v) is 12.8. The number of ether oxygens (including phenoxy) is 2. The van der Waals surface area contributed by atoms with Gasteiger partial charge in [0.1, 0.15) is 5.60 Å². The van der Waals surface area contributed by atoms with Gasteiger partial charge < -0.3 is 14.6 Å². The third kappa shape index (κ3) is 2.17. The number of hydrogen-bond acceptors (Lipinski definition) is 4. The first-order valence-electron chi connectivity index (χ1n) is 7.84. The summed E-state index contributed by atoms with van der Waals surface area (Å²) in [5, 5.41) is 10.8. The Kier molecular flexibility index (Phi) is 3.18. The molecule has 1 N–H and O–H groups in total. The van der Waals surface area contributed by atoms with Gasteiger partial charge in [-0.25, -0.2) is 0 Å². The van der Waals surface area contributed by atoms with Crippen LogP contribution in [-0.4, -0.2) is 35.0 Å². The maximum atomic E-state index is 12.2. The van der Waals surface area contributed by atoms with Crippen molar-refractivity contribution in [2.75, 3.05) is 7.11 Å². The fourth-order valence-electron chi connectivity index (χ4n) is 5.04. The number of aliphatic hydroxyl groups is 1. The van der Waals surface area contributed by atoms with Gasteiger partial charge in [0.2, 0.25) is 0 Å². The summed E-state index contributed by atoms with van der Waals surface area (Å²) in [6, 6.07) is 0. The molecule has 4 bridgehead atoms. The highest BCUT2D eigenvalue weighted by Crippen LogP contribution is 2.61. The van der Waals surface area contributed by atoms with Gasteiger partial charge in [0, 0.05) is 26.4 Å². The molecule has 0 saturated heterocycles. The number of carbonyl (C=O) groups excluding carboxylic acids is 1. The summed E-state index contributed by atoms with van der Waals surface area (Å²) in [6.07, 6.45) is 5.53. The third-order valence-electron chi connectivity index (χ3n) is 5.70. The van der Waals surface area contributed by atoms with Crippen molar-refractivity contribution in [3.63, 3.8) is 0 Å². The molecule has 0 heterocycles. The fraction of sp³-hybridized carbons (Fsp3) is 0.938. The molecule has 0 aliphatic heterocycles. The van der Waals surface area contributed by atoms with Crippen molar-refractivity contribution < 1.29 is 19.4 Å². The van der Waals surface area contributed by atoms with Crippen LogP contribution < -0.4 is 0 Å². The lowest BCUT2D eigenvalue weighted by Crippen LogP contribution is -2.67. The molecule has 20 heavy (non-hydrogen) atoms. The molecule has 5 unspecified atom stereocenters. The van der Waals surface area contributed by atoms with Crippen molar-refractivity contribution in [1.29, 1.82) is 0 Å². The zero-order chi connectivity index (χ0) is 14.6. The van der Waals surface area contributed by atoms with E-state index < -0.39 is 11.2 Å². The number of hydrogen-bond donors (Lipinski definition) is 1. The van der Waals surface area contributed by atoms with Gasteiger partial charge in [0.25, 0.3) is 0 Å². The van der Waals surface area contributed by atoms with E-state index in [2.05, 4.69) is 0 Å². The Morgan fingerprint density at radius 1 is 1.25 bits per heavy atom. The van der Waals surface area contributed by atoms with E-state index in [0.717, 1.165) is 32.1 Å². The first kappa shape index (κ1) is 14.3. The summed E-state index contributed by atoms with van der Waals surface area (Å²) in [4.78, 5) is 12.2. The zero-order valence-electron chi connectivity index (χ0n) is 12.8. The first-order valence-corrected chi connectivity index (χ1v) is 7.84. The van der Waals surface area contributed by atoms with Crippen molar-refractivity contribution in [3.05, 3.63) is 0 Å². The molecule has 5 atom stereocenters. The summed E-state index contributed by atoms with van der Waals surface area (Å²) in [5.74, 6) is 0.223. The van der Waals surface area contributed by atoms with Gasteiger partial charge in [0.05, 0.1) is 17.1 Å². The number of rotatable bonds is 4. The minimum atomic E-state index is -0.703. The molecule has 4 fully saturated rings. The molecule has 0 aromatic carbocycles. The highest BCUT2D eigenvalue weighted by molar-refractivity contribution is 5.72. The van der Waals surface area contributed by atoms with Gasteiger partial charge in [-0.05, 0) is 31.6 Å². The second-order valence-corrected chi connectivity index (χ2v) is 7.53. The molecule has 0 radical (unpaired) electrons. The summed E-state index contributed by atoms with van der Waals surface area (Å²) in [5.41, 5.74) is -1.49. The van der Waals surface area contributed by atoms with Crippen molar-refractivity contribution >= 4 is 5.97 Å². The van der Waals surface area contributed by atoms with E-state index >= 15 is 0 Å². The Hall–Kier alpha value is -0.610. The monoisotopic (exact) mass is 282 g/mol. The minimum absolute atomic E-state index is 0.0730. The largest absolute Gasteiger partial charge is 0.459 e. The van der Waals surface area contributed by atoms with Gasteiger partial charge >= 0.3 is 5.97 Å². The molecule has 0 spiro atoms. The van der Waals surface area contributed by atoms with Crippen LogP contribution in [0.5, 0.6) is 0 Å². The van der Waals surface area contributed by atoms with E-state index in [1.807, 2.05) is 13.8 Å². The summed E-state index contributed by atoms with van der Waals surface area (Å²) in [7, 11) is 1.72. The average Bonchev–Trinajstić information content (AvgIpc) is 2.34. The van der Waals surface area contributed by atoms with Gasteiger partial charge in [-0.15, -0.1) is 0 Å². The molecule has 0 amide bonds. The molecule has 4 saturated carbocycles. The van der Waals surface area contributed by atoms with Crippen molar-refractivity contribution in [3.8, 4) is 0 Å². The molecule has 0 aromatic heterocycles. The fourth-order valence-corrected chi connectivity index (χ4v) is 5.04. The van der Waals surface area contributed by atoms with Crippen molar-refractivity contribution in [2.24, 2.45) is 11.8 Å². The Bertz CT molecular complexity index is 423. The van der Waals surface area contributed by atoms with Gasteiger partial charge in [-0.3, -0.25) is 4.79 Å². The highest BCUT2D eigenvalue weighted by Gasteiger charge is 2.65. The van der Waals surface area contributed by atoms with Gasteiger partial charge in [-0.2, -0.15) is 0 Å². The number of methoxy groups -OCH3 is 1. The first-order chi connectivity index (χ1) is 9.33. The van der Waals surface area contributed by atoms with Crippen LogP contribution in [-0.2, 0) is 14.3 Å². The summed E-state index contributed by atoms with van der Waals surface area (Å²) in [6.45, 7) is 3.90. The second-order valence-electron chi connectivity index (χ2n) is 7.53. The van der Waals surface area contributed by atoms with Crippen LogP contribution in [0, 0.1) is 11.8 Å². The van der Waals surface area contributed by atoms with Gasteiger partial charge in [-0.1, -0.05) is 13.8 Å². The van der Waals surface area contributed by atoms with Crippen LogP contribution in [0.1, 0.15) is 58.8 Å². The van der Waals surface area contributed by atoms with Crippen molar-refractivity contribution in [2.45, 2.75) is 75.6 Å². The lowest BCUT2D eigenvalue weighted by atomic mass is 9.50. The van der Waals surface area contributed by atoms with Gasteiger partial charge in [0.15, 0.2) is 0 Å². The third-order valence-corrected chi connectivity index (χ3v) is 5.70. The van der Waals surface area contributed by atoms with E-state index in [4.69, 9.17) is 9.47 Å². The Morgan fingerprint density at radius 2 is 1.90 bits per heavy atom. The van der Waals surface area contributed by atoms with E-state index in [1.54, 1.807) is 7.11 Å². The summed E-state index contributed by atoms with van der Waals surface area (Å²) >= 11 is 0. The number of esters is 1. The highest BCUT2D eigenvalue weighted by atomic mass is 16.6. The molecule has 4 aliphatic carbocycles. The van der Waals surface area contributed by atoms with Crippen LogP contribution in [0.4, 0.5) is 0 Å². The normalized spacial score (nSPS) is 47.3. The smallest absolute Gasteiger partial charge is 0.309 e. The van der Waals surface area contributed by atoms with Crippen LogP contribution in [0.25, 0.3) is 0 Å². The quantitative estimate of drug-likeness (QED) is 0.805. The second kappa shape index (κ2) is 4.44. The standard InChI is InChI=1S/C16H26O4/c1-4-11(2)13(17)20-16-7-12-5-14(18,9-16)8-15(6-12,10-16)19-3/h11-12,18H,4-10H2,1-3H3. The lowest BCUT2D eigenvalue weighted by Gasteiger charge is -2.63. The molecule has 0 aromatic rings. The van der Waals surface area contributed by atoms with E-state index in [1.165, 1.54) is 0 Å². The lowest BCUT2D eigenvalue weighted by molar-refractivity contribution is -0.269. The molecule has 4 rings (SSSR count). The van der Waals surface area contributed by atoms with Crippen molar-refractivity contribution in [1.82, 2.24) is 0 Å². The van der Waals surface area contributed by atoms with Crippen LogP contribution >= 0.6 is 0 Å². The van der Waals surface area contributed by atoms with Crippen LogP contribution in [0.15, 0.2) is 0 Å². The van der Waals surface area contributed by atoms with E-state index in [-0.39, 0.29) is 17.5 Å². The maximum absolute atomic E-state index is 12.2. The molecular formula is C16H26O4. The Balaban J connectivity index is 1.85. The minimum Gasteiger partial charge on any atom is -0.459 e. The van der Waals surface area contributed by atoms with Crippen LogP contribution in [0.2, 0.25) is 0 Å². The molecule has 114 valence electrons. The average molecular weight is 282 g/mol. The Morgan fingerprint density at radius 3 is 2.50 bits per heavy atom. The Labute approximate surface area is 120 Å². The van der Waals surface area contributed by atoms with E-state index in [9.17, 15) is 9.90 Å². The maximum Gasteiger partial charge on any atom is 0.309 e.